The number of thiophene rings is 1. The first kappa shape index (κ1) is 18.7. The molecule has 2 heterocycles. The number of aromatic nitrogens is 2. The molecule has 2 aromatic heterocycles. The Labute approximate surface area is 167 Å². The largest absolute Gasteiger partial charge is 0.385 e. The Morgan fingerprint density at radius 1 is 1.26 bits per heavy atom. The van der Waals surface area contributed by atoms with Crippen LogP contribution in [0.15, 0.2) is 34.2 Å². The molecule has 0 saturated carbocycles. The molecular weight excluding hydrogens is 376 g/mol. The highest BCUT2D eigenvalue weighted by Crippen LogP contribution is 2.36. The van der Waals surface area contributed by atoms with E-state index >= 15 is 0 Å². The number of methoxy groups -OCH3 is 1. The fraction of sp³-hybridized carbons (Fsp3) is 0.429. The molecule has 0 unspecified atom stereocenters. The smallest absolute Gasteiger partial charge is 0.263 e. The van der Waals surface area contributed by atoms with Crippen LogP contribution in [0.4, 0.5) is 0 Å². The zero-order valence-corrected chi connectivity index (χ0v) is 17.4. The number of nitrogens with zero attached hydrogens (tertiary/aromatic N) is 2. The zero-order chi connectivity index (χ0) is 18.8. The predicted molar refractivity (Wildman–Crippen MR) is 113 cm³/mol. The Balaban J connectivity index is 1.69. The SMILES string of the molecule is COCCCn1c(SCc2ccc(C)cc2)nc2sc3c(c2c1=O)CCC3. The summed E-state index contributed by atoms with van der Waals surface area (Å²) in [6.07, 6.45) is 4.07. The lowest BCUT2D eigenvalue weighted by atomic mass is 10.2. The molecule has 1 aromatic carbocycles. The van der Waals surface area contributed by atoms with Gasteiger partial charge in [0.05, 0.1) is 5.39 Å². The molecule has 142 valence electrons. The number of hydrogen-bond donors (Lipinski definition) is 0. The fourth-order valence-electron chi connectivity index (χ4n) is 3.56. The van der Waals surface area contributed by atoms with Crippen LogP contribution in [0.3, 0.4) is 0 Å². The molecule has 0 N–H and O–H groups in total. The normalized spacial score (nSPS) is 13.4. The molecule has 4 nitrogen and oxygen atoms in total. The summed E-state index contributed by atoms with van der Waals surface area (Å²) in [5.41, 5.74) is 3.88. The Hall–Kier alpha value is -1.63. The van der Waals surface area contributed by atoms with Crippen molar-refractivity contribution < 1.29 is 4.74 Å². The van der Waals surface area contributed by atoms with Gasteiger partial charge in [0.15, 0.2) is 5.16 Å². The maximum absolute atomic E-state index is 13.3. The van der Waals surface area contributed by atoms with E-state index in [0.717, 1.165) is 46.8 Å². The standard InChI is InChI=1S/C21H24N2O2S2/c1-14-7-9-15(10-8-14)13-26-21-22-19-18(16-5-3-6-17(16)27-19)20(24)23(21)11-4-12-25-2/h7-10H,3-6,11-13H2,1-2H3. The lowest BCUT2D eigenvalue weighted by molar-refractivity contribution is 0.189. The lowest BCUT2D eigenvalue weighted by Crippen LogP contribution is -2.24. The van der Waals surface area contributed by atoms with E-state index in [-0.39, 0.29) is 5.56 Å². The summed E-state index contributed by atoms with van der Waals surface area (Å²) in [5.74, 6) is 0.813. The van der Waals surface area contributed by atoms with Crippen molar-refractivity contribution in [2.75, 3.05) is 13.7 Å². The Kier molecular flexibility index (Phi) is 5.66. The van der Waals surface area contributed by atoms with Crippen LogP contribution >= 0.6 is 23.1 Å². The highest BCUT2D eigenvalue weighted by molar-refractivity contribution is 7.98. The summed E-state index contributed by atoms with van der Waals surface area (Å²) in [4.78, 5) is 20.5. The van der Waals surface area contributed by atoms with Gasteiger partial charge in [-0.05, 0) is 43.7 Å². The van der Waals surface area contributed by atoms with Crippen LogP contribution in [0.5, 0.6) is 0 Å². The van der Waals surface area contributed by atoms with E-state index in [9.17, 15) is 4.79 Å². The number of aryl methyl sites for hydroxylation is 3. The minimum Gasteiger partial charge on any atom is -0.385 e. The number of ether oxygens (including phenoxy) is 1. The van der Waals surface area contributed by atoms with Crippen LogP contribution < -0.4 is 5.56 Å². The second-order valence-electron chi connectivity index (χ2n) is 7.01. The number of benzene rings is 1. The van der Waals surface area contributed by atoms with Gasteiger partial charge in [-0.1, -0.05) is 41.6 Å². The minimum atomic E-state index is 0.127. The van der Waals surface area contributed by atoms with Gasteiger partial charge in [-0.3, -0.25) is 9.36 Å². The Morgan fingerprint density at radius 3 is 2.85 bits per heavy atom. The van der Waals surface area contributed by atoms with E-state index in [1.165, 1.54) is 21.6 Å². The lowest BCUT2D eigenvalue weighted by Gasteiger charge is -2.12. The van der Waals surface area contributed by atoms with Crippen LogP contribution in [0, 0.1) is 6.92 Å². The third kappa shape index (κ3) is 3.84. The van der Waals surface area contributed by atoms with Crippen LogP contribution in [-0.2, 0) is 29.9 Å². The topological polar surface area (TPSA) is 44.1 Å². The third-order valence-electron chi connectivity index (χ3n) is 5.01. The van der Waals surface area contributed by atoms with Crippen LogP contribution in [-0.4, -0.2) is 23.3 Å². The van der Waals surface area contributed by atoms with Gasteiger partial charge in [-0.2, -0.15) is 0 Å². The monoisotopic (exact) mass is 400 g/mol. The summed E-state index contributed by atoms with van der Waals surface area (Å²) in [6.45, 7) is 3.39. The first-order valence-electron chi connectivity index (χ1n) is 9.39. The van der Waals surface area contributed by atoms with E-state index in [1.54, 1.807) is 30.2 Å². The number of thioether (sulfide) groups is 1. The van der Waals surface area contributed by atoms with Crippen LogP contribution in [0.2, 0.25) is 0 Å². The second kappa shape index (κ2) is 8.17. The molecule has 4 rings (SSSR count). The highest BCUT2D eigenvalue weighted by atomic mass is 32.2. The molecule has 0 amide bonds. The molecule has 27 heavy (non-hydrogen) atoms. The quantitative estimate of drug-likeness (QED) is 0.331. The molecule has 0 fully saturated rings. The number of hydrogen-bond acceptors (Lipinski definition) is 5. The zero-order valence-electron chi connectivity index (χ0n) is 15.8. The number of rotatable bonds is 7. The summed E-state index contributed by atoms with van der Waals surface area (Å²) >= 11 is 3.36. The molecule has 0 atom stereocenters. The molecule has 3 aromatic rings. The van der Waals surface area contributed by atoms with E-state index in [4.69, 9.17) is 9.72 Å². The van der Waals surface area contributed by atoms with Gasteiger partial charge in [0.25, 0.3) is 5.56 Å². The molecule has 0 aliphatic heterocycles. The molecule has 0 saturated heterocycles. The Morgan fingerprint density at radius 2 is 2.07 bits per heavy atom. The summed E-state index contributed by atoms with van der Waals surface area (Å²) < 4.78 is 7.06. The van der Waals surface area contributed by atoms with E-state index in [2.05, 4.69) is 31.2 Å². The van der Waals surface area contributed by atoms with Crippen molar-refractivity contribution in [3.8, 4) is 0 Å². The highest BCUT2D eigenvalue weighted by Gasteiger charge is 2.23. The van der Waals surface area contributed by atoms with Gasteiger partial charge in [-0.25, -0.2) is 4.98 Å². The van der Waals surface area contributed by atoms with Crippen molar-refractivity contribution in [1.82, 2.24) is 9.55 Å². The molecule has 6 heteroatoms. The predicted octanol–water partition coefficient (Wildman–Crippen LogP) is 4.58. The molecule has 0 radical (unpaired) electrons. The molecular formula is C21H24N2O2S2. The first-order chi connectivity index (χ1) is 13.2. The summed E-state index contributed by atoms with van der Waals surface area (Å²) in [6, 6.07) is 8.55. The molecule has 0 bridgehead atoms. The fourth-order valence-corrected chi connectivity index (χ4v) is 5.85. The first-order valence-corrected chi connectivity index (χ1v) is 11.2. The van der Waals surface area contributed by atoms with E-state index in [1.807, 2.05) is 4.57 Å². The summed E-state index contributed by atoms with van der Waals surface area (Å²) in [5, 5.41) is 1.69. The molecule has 1 aliphatic carbocycles. The van der Waals surface area contributed by atoms with Crippen molar-refractivity contribution in [3.63, 3.8) is 0 Å². The van der Waals surface area contributed by atoms with Gasteiger partial charge < -0.3 is 4.74 Å². The molecule has 0 spiro atoms. The van der Waals surface area contributed by atoms with Gasteiger partial charge in [0.1, 0.15) is 4.83 Å². The summed E-state index contributed by atoms with van der Waals surface area (Å²) in [7, 11) is 1.70. The third-order valence-corrected chi connectivity index (χ3v) is 7.24. The maximum atomic E-state index is 13.3. The van der Waals surface area contributed by atoms with Crippen LogP contribution in [0.1, 0.15) is 34.4 Å². The van der Waals surface area contributed by atoms with Crippen molar-refractivity contribution in [1.29, 1.82) is 0 Å². The average Bonchev–Trinajstić information content (AvgIpc) is 3.24. The number of fused-ring (bicyclic) bond motifs is 3. The minimum absolute atomic E-state index is 0.127. The molecule has 1 aliphatic rings. The van der Waals surface area contributed by atoms with E-state index < -0.39 is 0 Å². The second-order valence-corrected chi connectivity index (χ2v) is 9.04. The van der Waals surface area contributed by atoms with Crippen molar-refractivity contribution in [2.45, 2.75) is 50.1 Å². The van der Waals surface area contributed by atoms with Crippen LogP contribution in [0.25, 0.3) is 10.2 Å². The van der Waals surface area contributed by atoms with Crippen molar-refractivity contribution >= 4 is 33.3 Å². The van der Waals surface area contributed by atoms with Crippen molar-refractivity contribution in [3.05, 3.63) is 56.2 Å². The van der Waals surface area contributed by atoms with Gasteiger partial charge >= 0.3 is 0 Å². The van der Waals surface area contributed by atoms with Gasteiger partial charge in [0, 0.05) is 30.9 Å². The van der Waals surface area contributed by atoms with Gasteiger partial charge in [0.2, 0.25) is 0 Å². The maximum Gasteiger partial charge on any atom is 0.263 e. The average molecular weight is 401 g/mol. The Bertz CT molecular complexity index is 1010. The van der Waals surface area contributed by atoms with Crippen molar-refractivity contribution in [2.24, 2.45) is 0 Å². The van der Waals surface area contributed by atoms with Gasteiger partial charge in [-0.15, -0.1) is 11.3 Å². The van der Waals surface area contributed by atoms with E-state index in [0.29, 0.717) is 13.2 Å².